The Balaban J connectivity index is 1.32. The Morgan fingerprint density at radius 1 is 1.13 bits per heavy atom. The molecule has 1 aromatic heterocycles. The number of rotatable bonds is 9. The van der Waals surface area contributed by atoms with E-state index in [1.165, 1.54) is 0 Å². The molecule has 7 nitrogen and oxygen atoms in total. The van der Waals surface area contributed by atoms with E-state index >= 15 is 0 Å². The Labute approximate surface area is 182 Å². The highest BCUT2D eigenvalue weighted by Crippen LogP contribution is 2.31. The van der Waals surface area contributed by atoms with Gasteiger partial charge < -0.3 is 20.3 Å². The predicted octanol–water partition coefficient (Wildman–Crippen LogP) is 3.74. The summed E-state index contributed by atoms with van der Waals surface area (Å²) < 4.78 is 5.78. The molecule has 1 aliphatic heterocycles. The lowest BCUT2D eigenvalue weighted by Gasteiger charge is -2.10. The molecular formula is C24H27N5O2. The van der Waals surface area contributed by atoms with Gasteiger partial charge in [0.2, 0.25) is 0 Å². The number of hydrogen-bond acceptors (Lipinski definition) is 5. The van der Waals surface area contributed by atoms with Crippen molar-refractivity contribution in [2.75, 3.05) is 37.9 Å². The van der Waals surface area contributed by atoms with Crippen molar-refractivity contribution in [1.82, 2.24) is 15.1 Å². The lowest BCUT2D eigenvalue weighted by atomic mass is 10.1. The van der Waals surface area contributed by atoms with E-state index in [1.807, 2.05) is 42.5 Å². The van der Waals surface area contributed by atoms with Gasteiger partial charge in [-0.1, -0.05) is 30.3 Å². The number of hydrogen-bond donors (Lipinski definition) is 3. The molecule has 0 bridgehead atoms. The zero-order valence-electron chi connectivity index (χ0n) is 17.8. The Kier molecular flexibility index (Phi) is 6.33. The summed E-state index contributed by atoms with van der Waals surface area (Å²) in [5.74, 6) is 1.51. The van der Waals surface area contributed by atoms with Crippen LogP contribution in [0.3, 0.4) is 0 Å². The number of benzene rings is 2. The number of nitrogens with one attached hydrogen (secondary N) is 3. The topological polar surface area (TPSA) is 82.3 Å². The number of ether oxygens (including phenoxy) is 1. The van der Waals surface area contributed by atoms with Crippen LogP contribution in [0.25, 0.3) is 5.57 Å². The minimum absolute atomic E-state index is 0.113. The first kappa shape index (κ1) is 20.7. The number of fused-ring (bicyclic) bond motifs is 1. The maximum Gasteiger partial charge on any atom is 0.257 e. The van der Waals surface area contributed by atoms with Gasteiger partial charge in [-0.15, -0.1) is 0 Å². The van der Waals surface area contributed by atoms with Crippen LogP contribution in [0.4, 0.5) is 11.5 Å². The first-order chi connectivity index (χ1) is 15.1. The van der Waals surface area contributed by atoms with Gasteiger partial charge in [0, 0.05) is 36.5 Å². The highest BCUT2D eigenvalue weighted by atomic mass is 16.5. The van der Waals surface area contributed by atoms with Crippen molar-refractivity contribution in [3.63, 3.8) is 0 Å². The van der Waals surface area contributed by atoms with E-state index in [9.17, 15) is 4.79 Å². The van der Waals surface area contributed by atoms with Crippen LogP contribution < -0.4 is 15.4 Å². The molecule has 2 aromatic carbocycles. The number of aromatic nitrogens is 2. The van der Waals surface area contributed by atoms with E-state index in [0.717, 1.165) is 47.0 Å². The van der Waals surface area contributed by atoms with E-state index in [1.54, 1.807) is 6.20 Å². The van der Waals surface area contributed by atoms with Gasteiger partial charge in [-0.05, 0) is 44.3 Å². The van der Waals surface area contributed by atoms with Crippen molar-refractivity contribution in [2.24, 2.45) is 0 Å². The third-order valence-electron chi connectivity index (χ3n) is 5.04. The lowest BCUT2D eigenvalue weighted by molar-refractivity contribution is -0.110. The molecule has 7 heteroatoms. The van der Waals surface area contributed by atoms with Gasteiger partial charge in [-0.25, -0.2) is 0 Å². The molecule has 3 aromatic rings. The lowest BCUT2D eigenvalue weighted by Crippen LogP contribution is -2.15. The molecule has 0 saturated heterocycles. The van der Waals surface area contributed by atoms with Crippen LogP contribution in [0.2, 0.25) is 0 Å². The summed E-state index contributed by atoms with van der Waals surface area (Å²) in [6, 6.07) is 17.7. The second-order valence-corrected chi connectivity index (χ2v) is 7.80. The first-order valence-electron chi connectivity index (χ1n) is 10.4. The Morgan fingerprint density at radius 3 is 2.74 bits per heavy atom. The van der Waals surface area contributed by atoms with Crippen molar-refractivity contribution < 1.29 is 9.53 Å². The largest absolute Gasteiger partial charge is 0.494 e. The van der Waals surface area contributed by atoms with Gasteiger partial charge in [0.15, 0.2) is 0 Å². The second kappa shape index (κ2) is 9.49. The van der Waals surface area contributed by atoms with Gasteiger partial charge in [-0.2, -0.15) is 5.10 Å². The molecule has 4 rings (SSSR count). The van der Waals surface area contributed by atoms with Gasteiger partial charge in [0.25, 0.3) is 5.91 Å². The molecule has 3 N–H and O–H groups in total. The van der Waals surface area contributed by atoms with Crippen molar-refractivity contribution in [3.05, 3.63) is 77.6 Å². The standard InChI is InChI=1S/C24H27N5O2/c1-29(2)12-5-13-31-19-10-8-17(9-11-19)14-18-15-23(28-27-18)25-16-21-20-6-3-4-7-22(20)26-24(21)30/h3-4,6-11,15-16H,5,12-14H2,1-2H3,(H,26,30)(H2,25,27,28)/b21-16+. The van der Waals surface area contributed by atoms with E-state index in [2.05, 4.69) is 52.0 Å². The maximum atomic E-state index is 12.2. The fourth-order valence-corrected chi connectivity index (χ4v) is 3.44. The molecule has 1 aliphatic rings. The number of para-hydroxylation sites is 1. The number of aromatic amines is 1. The van der Waals surface area contributed by atoms with Crippen LogP contribution >= 0.6 is 0 Å². The highest BCUT2D eigenvalue weighted by Gasteiger charge is 2.23. The van der Waals surface area contributed by atoms with E-state index in [0.29, 0.717) is 18.6 Å². The fourth-order valence-electron chi connectivity index (χ4n) is 3.44. The van der Waals surface area contributed by atoms with Crippen LogP contribution in [0.1, 0.15) is 23.2 Å². The van der Waals surface area contributed by atoms with Crippen molar-refractivity contribution >= 4 is 23.0 Å². The monoisotopic (exact) mass is 417 g/mol. The number of H-pyrrole nitrogens is 1. The summed E-state index contributed by atoms with van der Waals surface area (Å²) >= 11 is 0. The molecule has 160 valence electrons. The molecule has 0 atom stereocenters. The van der Waals surface area contributed by atoms with Crippen LogP contribution in [0.5, 0.6) is 5.75 Å². The smallest absolute Gasteiger partial charge is 0.257 e. The molecule has 1 amide bonds. The zero-order chi connectivity index (χ0) is 21.6. The summed E-state index contributed by atoms with van der Waals surface area (Å²) in [5.41, 5.74) is 4.39. The van der Waals surface area contributed by atoms with Crippen LogP contribution in [-0.4, -0.2) is 48.3 Å². The fraction of sp³-hybridized carbons (Fsp3) is 0.250. The minimum Gasteiger partial charge on any atom is -0.494 e. The summed E-state index contributed by atoms with van der Waals surface area (Å²) in [4.78, 5) is 14.3. The molecule has 31 heavy (non-hydrogen) atoms. The summed E-state index contributed by atoms with van der Waals surface area (Å²) in [6.45, 7) is 1.73. The molecule has 0 aliphatic carbocycles. The highest BCUT2D eigenvalue weighted by molar-refractivity contribution is 6.31. The van der Waals surface area contributed by atoms with Crippen LogP contribution in [0.15, 0.2) is 60.8 Å². The van der Waals surface area contributed by atoms with Crippen LogP contribution in [-0.2, 0) is 11.2 Å². The van der Waals surface area contributed by atoms with E-state index in [-0.39, 0.29) is 5.91 Å². The van der Waals surface area contributed by atoms with E-state index in [4.69, 9.17) is 4.74 Å². The number of nitrogens with zero attached hydrogens (tertiary/aromatic N) is 2. The summed E-state index contributed by atoms with van der Waals surface area (Å²) in [5, 5.41) is 13.4. The number of carbonyl (C=O) groups excluding carboxylic acids is 1. The third kappa shape index (κ3) is 5.32. The molecule has 0 fully saturated rings. The van der Waals surface area contributed by atoms with Crippen molar-refractivity contribution in [3.8, 4) is 5.75 Å². The molecule has 0 unspecified atom stereocenters. The Bertz CT molecular complexity index is 1070. The molecule has 0 spiro atoms. The summed E-state index contributed by atoms with van der Waals surface area (Å²) in [6.07, 6.45) is 3.42. The first-order valence-corrected chi connectivity index (χ1v) is 10.4. The maximum absolute atomic E-state index is 12.2. The average Bonchev–Trinajstić information content (AvgIpc) is 3.33. The number of carbonyl (C=O) groups is 1. The van der Waals surface area contributed by atoms with Gasteiger partial charge in [-0.3, -0.25) is 9.89 Å². The Morgan fingerprint density at radius 2 is 1.94 bits per heavy atom. The van der Waals surface area contributed by atoms with Gasteiger partial charge >= 0.3 is 0 Å². The zero-order valence-corrected chi connectivity index (χ0v) is 17.8. The molecular weight excluding hydrogens is 390 g/mol. The SMILES string of the molecule is CN(C)CCCOc1ccc(Cc2cc(N/C=C3/C(=O)Nc4ccccc43)[nH]n2)cc1. The second-order valence-electron chi connectivity index (χ2n) is 7.80. The third-order valence-corrected chi connectivity index (χ3v) is 5.04. The van der Waals surface area contributed by atoms with Crippen molar-refractivity contribution in [2.45, 2.75) is 12.8 Å². The molecule has 2 heterocycles. The average molecular weight is 418 g/mol. The summed E-state index contributed by atoms with van der Waals surface area (Å²) in [7, 11) is 4.12. The molecule has 0 radical (unpaired) electrons. The quantitative estimate of drug-likeness (QED) is 0.365. The van der Waals surface area contributed by atoms with Crippen LogP contribution in [0, 0.1) is 0 Å². The van der Waals surface area contributed by atoms with Gasteiger partial charge in [0.05, 0.1) is 17.9 Å². The Hall–Kier alpha value is -3.58. The van der Waals surface area contributed by atoms with Crippen molar-refractivity contribution in [1.29, 1.82) is 0 Å². The molecule has 0 saturated carbocycles. The normalized spacial score (nSPS) is 14.0. The van der Waals surface area contributed by atoms with E-state index < -0.39 is 0 Å². The predicted molar refractivity (Wildman–Crippen MR) is 123 cm³/mol. The number of amides is 1. The minimum atomic E-state index is -0.113. The number of anilines is 2. The van der Waals surface area contributed by atoms with Gasteiger partial charge in [0.1, 0.15) is 11.6 Å².